The highest BCUT2D eigenvalue weighted by Crippen LogP contribution is 2.26. The van der Waals surface area contributed by atoms with E-state index in [1.165, 1.54) is 0 Å². The van der Waals surface area contributed by atoms with Gasteiger partial charge in [-0.3, -0.25) is 14.2 Å². The number of amides is 1. The van der Waals surface area contributed by atoms with Crippen molar-refractivity contribution >= 4 is 16.9 Å². The van der Waals surface area contributed by atoms with Crippen LogP contribution in [0.1, 0.15) is 34.4 Å². The van der Waals surface area contributed by atoms with E-state index in [-0.39, 0.29) is 17.9 Å². The third kappa shape index (κ3) is 4.46. The molecule has 1 N–H and O–H groups in total. The van der Waals surface area contributed by atoms with Gasteiger partial charge in [0.05, 0.1) is 18.5 Å². The summed E-state index contributed by atoms with van der Waals surface area (Å²) in [7, 11) is 3.39. The number of pyridine rings is 1. The van der Waals surface area contributed by atoms with Crippen molar-refractivity contribution in [3.05, 3.63) is 86.8 Å². The second kappa shape index (κ2) is 9.55. The molecule has 0 saturated carbocycles. The topological polar surface area (TPSA) is 78.2 Å². The molecule has 0 fully saturated rings. The van der Waals surface area contributed by atoms with Crippen LogP contribution in [0.4, 0.5) is 0 Å². The summed E-state index contributed by atoms with van der Waals surface area (Å²) in [4.78, 5) is 25.8. The monoisotopic (exact) mass is 458 g/mol. The molecule has 0 atom stereocenters. The van der Waals surface area contributed by atoms with Crippen molar-refractivity contribution in [1.82, 2.24) is 19.7 Å². The van der Waals surface area contributed by atoms with Crippen molar-refractivity contribution < 1.29 is 9.53 Å². The van der Waals surface area contributed by atoms with Crippen LogP contribution in [-0.4, -0.2) is 27.4 Å². The maximum absolute atomic E-state index is 13.3. The van der Waals surface area contributed by atoms with E-state index in [0.29, 0.717) is 18.5 Å². The molecule has 7 heteroatoms. The summed E-state index contributed by atoms with van der Waals surface area (Å²) in [5, 5.41) is 8.62. The lowest BCUT2D eigenvalue weighted by Gasteiger charge is -2.13. The molecule has 2 aromatic carbocycles. The van der Waals surface area contributed by atoms with Gasteiger partial charge in [-0.05, 0) is 62.6 Å². The quantitative estimate of drug-likeness (QED) is 0.456. The molecule has 34 heavy (non-hydrogen) atoms. The summed E-state index contributed by atoms with van der Waals surface area (Å²) in [5.41, 5.74) is 6.12. The average molecular weight is 459 g/mol. The Morgan fingerprint density at radius 3 is 2.35 bits per heavy atom. The van der Waals surface area contributed by atoms with Gasteiger partial charge in [0.1, 0.15) is 11.4 Å². The van der Waals surface area contributed by atoms with E-state index >= 15 is 0 Å². The van der Waals surface area contributed by atoms with Crippen molar-refractivity contribution in [3.63, 3.8) is 0 Å². The number of hydrogen-bond donors (Lipinski definition) is 1. The molecule has 0 aliphatic heterocycles. The SMILES string of the molecule is COc1ccc(CNC(=O)CCc2c(C)c3c(C)nn(-c4ccc(C)cc4)c3n(C)c2=O)cc1. The van der Waals surface area contributed by atoms with E-state index in [9.17, 15) is 9.59 Å². The maximum Gasteiger partial charge on any atom is 0.255 e. The fraction of sp³-hybridized carbons (Fsp3) is 0.296. The Bertz CT molecular complexity index is 1400. The fourth-order valence-electron chi connectivity index (χ4n) is 4.31. The van der Waals surface area contributed by atoms with Crippen molar-refractivity contribution in [2.24, 2.45) is 7.05 Å². The van der Waals surface area contributed by atoms with Crippen molar-refractivity contribution in [2.45, 2.75) is 40.2 Å². The molecular formula is C27H30N4O3. The molecule has 0 unspecified atom stereocenters. The predicted octanol–water partition coefficient (Wildman–Crippen LogP) is 3.91. The van der Waals surface area contributed by atoms with Gasteiger partial charge >= 0.3 is 0 Å². The highest BCUT2D eigenvalue weighted by molar-refractivity contribution is 5.85. The summed E-state index contributed by atoms with van der Waals surface area (Å²) < 4.78 is 8.63. The van der Waals surface area contributed by atoms with Gasteiger partial charge in [-0.1, -0.05) is 29.8 Å². The van der Waals surface area contributed by atoms with E-state index in [0.717, 1.165) is 44.9 Å². The largest absolute Gasteiger partial charge is 0.497 e. The highest BCUT2D eigenvalue weighted by Gasteiger charge is 2.20. The van der Waals surface area contributed by atoms with Gasteiger partial charge in [0, 0.05) is 31.0 Å². The number of aryl methyl sites for hydroxylation is 4. The predicted molar refractivity (Wildman–Crippen MR) is 134 cm³/mol. The average Bonchev–Trinajstić information content (AvgIpc) is 3.19. The van der Waals surface area contributed by atoms with Crippen LogP contribution in [0.3, 0.4) is 0 Å². The number of ether oxygens (including phenoxy) is 1. The van der Waals surface area contributed by atoms with Crippen LogP contribution in [0, 0.1) is 20.8 Å². The Labute approximate surface area is 199 Å². The van der Waals surface area contributed by atoms with E-state index in [1.807, 2.05) is 74.0 Å². The van der Waals surface area contributed by atoms with Gasteiger partial charge in [-0.25, -0.2) is 4.68 Å². The van der Waals surface area contributed by atoms with Gasteiger partial charge < -0.3 is 10.1 Å². The second-order valence-electron chi connectivity index (χ2n) is 8.62. The van der Waals surface area contributed by atoms with Crippen LogP contribution in [0.25, 0.3) is 16.7 Å². The molecule has 0 aliphatic rings. The molecule has 2 heterocycles. The lowest BCUT2D eigenvalue weighted by molar-refractivity contribution is -0.121. The zero-order chi connectivity index (χ0) is 24.4. The first-order chi connectivity index (χ1) is 16.3. The van der Waals surface area contributed by atoms with Gasteiger partial charge in [-0.15, -0.1) is 0 Å². The minimum Gasteiger partial charge on any atom is -0.497 e. The lowest BCUT2D eigenvalue weighted by Crippen LogP contribution is -2.27. The minimum absolute atomic E-state index is 0.0931. The normalized spacial score (nSPS) is 11.1. The number of methoxy groups -OCH3 is 1. The highest BCUT2D eigenvalue weighted by atomic mass is 16.5. The van der Waals surface area contributed by atoms with Crippen LogP contribution in [0.2, 0.25) is 0 Å². The number of carbonyl (C=O) groups is 1. The molecule has 176 valence electrons. The van der Waals surface area contributed by atoms with Crippen LogP contribution >= 0.6 is 0 Å². The lowest BCUT2D eigenvalue weighted by atomic mass is 10.0. The molecular weight excluding hydrogens is 428 g/mol. The maximum atomic E-state index is 13.3. The van der Waals surface area contributed by atoms with Gasteiger partial charge in [-0.2, -0.15) is 5.10 Å². The first-order valence-electron chi connectivity index (χ1n) is 11.3. The minimum atomic E-state index is -0.0961. The molecule has 2 aromatic heterocycles. The molecule has 4 rings (SSSR count). The van der Waals surface area contributed by atoms with Gasteiger partial charge in [0.2, 0.25) is 5.91 Å². The Morgan fingerprint density at radius 2 is 1.71 bits per heavy atom. The van der Waals surface area contributed by atoms with E-state index < -0.39 is 0 Å². The summed E-state index contributed by atoms with van der Waals surface area (Å²) >= 11 is 0. The summed E-state index contributed by atoms with van der Waals surface area (Å²) in [5.74, 6) is 0.683. The molecule has 4 aromatic rings. The number of fused-ring (bicyclic) bond motifs is 1. The Balaban J connectivity index is 1.56. The zero-order valence-corrected chi connectivity index (χ0v) is 20.3. The first kappa shape index (κ1) is 23.3. The number of benzene rings is 2. The number of nitrogens with zero attached hydrogens (tertiary/aromatic N) is 3. The molecule has 0 saturated heterocycles. The van der Waals surface area contributed by atoms with Crippen LogP contribution in [0.15, 0.2) is 53.3 Å². The Morgan fingerprint density at radius 1 is 1.03 bits per heavy atom. The zero-order valence-electron chi connectivity index (χ0n) is 20.3. The van der Waals surface area contributed by atoms with Gasteiger partial charge in [0.25, 0.3) is 5.56 Å². The van der Waals surface area contributed by atoms with E-state index in [2.05, 4.69) is 5.32 Å². The third-order valence-electron chi connectivity index (χ3n) is 6.27. The fourth-order valence-corrected chi connectivity index (χ4v) is 4.31. The third-order valence-corrected chi connectivity index (χ3v) is 6.27. The van der Waals surface area contributed by atoms with E-state index in [4.69, 9.17) is 9.84 Å². The molecule has 0 radical (unpaired) electrons. The Hall–Kier alpha value is -3.87. The van der Waals surface area contributed by atoms with Gasteiger partial charge in [0.15, 0.2) is 0 Å². The summed E-state index contributed by atoms with van der Waals surface area (Å²) in [6.45, 7) is 6.37. The molecule has 0 bridgehead atoms. The number of nitrogens with one attached hydrogen (secondary N) is 1. The Kier molecular flexibility index (Phi) is 6.54. The summed E-state index contributed by atoms with van der Waals surface area (Å²) in [6.07, 6.45) is 0.612. The molecule has 0 aliphatic carbocycles. The second-order valence-corrected chi connectivity index (χ2v) is 8.62. The summed E-state index contributed by atoms with van der Waals surface area (Å²) in [6, 6.07) is 15.6. The van der Waals surface area contributed by atoms with Crippen molar-refractivity contribution in [1.29, 1.82) is 0 Å². The number of aromatic nitrogens is 3. The molecule has 7 nitrogen and oxygen atoms in total. The molecule has 0 spiro atoms. The number of carbonyl (C=O) groups excluding carboxylic acids is 1. The van der Waals surface area contributed by atoms with Crippen LogP contribution in [-0.2, 0) is 24.8 Å². The van der Waals surface area contributed by atoms with E-state index in [1.54, 1.807) is 18.7 Å². The first-order valence-corrected chi connectivity index (χ1v) is 11.3. The van der Waals surface area contributed by atoms with Crippen molar-refractivity contribution in [3.8, 4) is 11.4 Å². The molecule has 1 amide bonds. The smallest absolute Gasteiger partial charge is 0.255 e. The standard InChI is InChI=1S/C27H30N4O3/c1-17-6-10-21(11-7-17)31-26-25(19(3)29-31)18(2)23(27(33)30(26)4)14-15-24(32)28-16-20-8-12-22(34-5)13-9-20/h6-13H,14-16H2,1-5H3,(H,28,32). The number of hydrogen-bond acceptors (Lipinski definition) is 4. The van der Waals surface area contributed by atoms with Crippen LogP contribution < -0.4 is 15.6 Å². The van der Waals surface area contributed by atoms with Crippen molar-refractivity contribution in [2.75, 3.05) is 7.11 Å². The van der Waals surface area contributed by atoms with Crippen LogP contribution in [0.5, 0.6) is 5.75 Å². The number of rotatable bonds is 7.